The lowest BCUT2D eigenvalue weighted by molar-refractivity contribution is 0.587. The van der Waals surface area contributed by atoms with Gasteiger partial charge in [-0.15, -0.1) is 0 Å². The molecule has 0 spiro atoms. The van der Waals surface area contributed by atoms with Gasteiger partial charge in [0, 0.05) is 11.7 Å². The Morgan fingerprint density at radius 3 is 2.62 bits per heavy atom. The van der Waals surface area contributed by atoms with Crippen molar-refractivity contribution >= 4 is 12.4 Å². The summed E-state index contributed by atoms with van der Waals surface area (Å²) in [5.41, 5.74) is 0. The summed E-state index contributed by atoms with van der Waals surface area (Å²) in [4.78, 5) is 0. The van der Waals surface area contributed by atoms with Gasteiger partial charge in [-0.3, -0.25) is 0 Å². The second kappa shape index (κ2) is 5.68. The molecule has 3 heteroatoms. The van der Waals surface area contributed by atoms with E-state index in [1.165, 1.54) is 0 Å². The Balaban J connectivity index is 2.75. The highest BCUT2D eigenvalue weighted by Crippen LogP contribution is 2.49. The number of nitrogens with zero attached hydrogens (tertiary/aromatic N) is 1. The molecule has 0 heterocycles. The van der Waals surface area contributed by atoms with Crippen molar-refractivity contribution < 1.29 is 4.57 Å². The number of nitriles is 1. The van der Waals surface area contributed by atoms with E-state index in [0.29, 0.717) is 12.8 Å². The predicted octanol–water partition coefficient (Wildman–Crippen LogP) is 3.51. The lowest BCUT2D eigenvalue weighted by atomic mass is 10.2. The molecular formula is C13H16NOP. The van der Waals surface area contributed by atoms with E-state index >= 15 is 0 Å². The molecule has 1 rings (SSSR count). The third-order valence-electron chi connectivity index (χ3n) is 2.61. The van der Waals surface area contributed by atoms with Crippen LogP contribution in [0.15, 0.2) is 42.2 Å². The largest absolute Gasteiger partial charge is 0.314 e. The average molecular weight is 233 g/mol. The van der Waals surface area contributed by atoms with Crippen LogP contribution in [0.1, 0.15) is 19.3 Å². The van der Waals surface area contributed by atoms with Crippen LogP contribution < -0.4 is 5.30 Å². The smallest absolute Gasteiger partial charge is 0.135 e. The van der Waals surface area contributed by atoms with E-state index in [1.807, 2.05) is 30.3 Å². The Bertz CT molecular complexity index is 445. The van der Waals surface area contributed by atoms with Crippen LogP contribution in [0.3, 0.4) is 0 Å². The molecule has 0 N–H and O–H groups in total. The molecule has 84 valence electrons. The molecule has 0 aromatic heterocycles. The van der Waals surface area contributed by atoms with Gasteiger partial charge in [-0.05, 0) is 24.8 Å². The molecule has 0 amide bonds. The zero-order valence-corrected chi connectivity index (χ0v) is 10.4. The van der Waals surface area contributed by atoms with E-state index in [9.17, 15) is 4.57 Å². The third kappa shape index (κ3) is 3.08. The van der Waals surface area contributed by atoms with Crippen LogP contribution >= 0.6 is 7.14 Å². The lowest BCUT2D eigenvalue weighted by Crippen LogP contribution is -2.04. The number of unbranched alkanes of at least 4 members (excludes halogenated alkanes) is 1. The van der Waals surface area contributed by atoms with Crippen molar-refractivity contribution in [1.82, 2.24) is 0 Å². The van der Waals surface area contributed by atoms with E-state index in [2.05, 4.69) is 12.6 Å². The van der Waals surface area contributed by atoms with Crippen LogP contribution in [0.4, 0.5) is 0 Å². The van der Waals surface area contributed by atoms with E-state index in [-0.39, 0.29) is 0 Å². The van der Waals surface area contributed by atoms with Crippen LogP contribution in [-0.2, 0) is 4.57 Å². The van der Waals surface area contributed by atoms with Gasteiger partial charge in [0.1, 0.15) is 7.14 Å². The van der Waals surface area contributed by atoms with E-state index in [4.69, 9.17) is 5.26 Å². The molecule has 0 aliphatic rings. The molecule has 0 bridgehead atoms. The van der Waals surface area contributed by atoms with Gasteiger partial charge in [-0.1, -0.05) is 36.9 Å². The number of rotatable bonds is 5. The van der Waals surface area contributed by atoms with Gasteiger partial charge < -0.3 is 4.57 Å². The van der Waals surface area contributed by atoms with E-state index < -0.39 is 7.14 Å². The maximum atomic E-state index is 12.5. The Morgan fingerprint density at radius 2 is 2.06 bits per heavy atom. The topological polar surface area (TPSA) is 40.9 Å². The van der Waals surface area contributed by atoms with Crippen molar-refractivity contribution in [3.05, 3.63) is 42.2 Å². The Labute approximate surface area is 97.0 Å². The van der Waals surface area contributed by atoms with Gasteiger partial charge in [0.2, 0.25) is 0 Å². The first-order valence-electron chi connectivity index (χ1n) is 5.27. The highest BCUT2D eigenvalue weighted by Gasteiger charge is 2.21. The standard InChI is InChI=1S/C13H16NOP/c1-12(8-6-7-11-14)16(2,15)13-9-4-3-5-10-13/h3-5,9-10H,1,6-8H2,2H3. The molecule has 0 aliphatic heterocycles. The summed E-state index contributed by atoms with van der Waals surface area (Å²) in [5.74, 6) is 0. The number of benzene rings is 1. The molecular weight excluding hydrogens is 217 g/mol. The zero-order chi connectivity index (χ0) is 12.0. The highest BCUT2D eigenvalue weighted by molar-refractivity contribution is 7.74. The fourth-order valence-electron chi connectivity index (χ4n) is 1.48. The molecule has 0 saturated heterocycles. The fraction of sp³-hybridized carbons (Fsp3) is 0.308. The van der Waals surface area contributed by atoms with Crippen LogP contribution in [-0.4, -0.2) is 6.66 Å². The SMILES string of the molecule is C=C(CCCC#N)P(C)(=O)c1ccccc1. The Morgan fingerprint density at radius 1 is 1.44 bits per heavy atom. The maximum Gasteiger partial charge on any atom is 0.135 e. The molecule has 2 nitrogen and oxygen atoms in total. The van der Waals surface area contributed by atoms with Crippen LogP contribution in [0.25, 0.3) is 0 Å². The second-order valence-electron chi connectivity index (χ2n) is 3.84. The molecule has 16 heavy (non-hydrogen) atoms. The molecule has 1 aromatic rings. The van der Waals surface area contributed by atoms with Gasteiger partial charge in [0.05, 0.1) is 6.07 Å². The zero-order valence-electron chi connectivity index (χ0n) is 9.52. The van der Waals surface area contributed by atoms with Crippen molar-refractivity contribution in [2.75, 3.05) is 6.66 Å². The lowest BCUT2D eigenvalue weighted by Gasteiger charge is -2.15. The maximum absolute atomic E-state index is 12.5. The van der Waals surface area contributed by atoms with Crippen molar-refractivity contribution in [2.24, 2.45) is 0 Å². The summed E-state index contributed by atoms with van der Waals surface area (Å²) in [6.07, 6.45) is 1.89. The summed E-state index contributed by atoms with van der Waals surface area (Å²) in [6.45, 7) is 5.65. The number of hydrogen-bond acceptors (Lipinski definition) is 2. The molecule has 0 fully saturated rings. The highest BCUT2D eigenvalue weighted by atomic mass is 31.2. The normalized spacial score (nSPS) is 13.8. The van der Waals surface area contributed by atoms with Crippen molar-refractivity contribution in [1.29, 1.82) is 5.26 Å². The van der Waals surface area contributed by atoms with Gasteiger partial charge >= 0.3 is 0 Å². The summed E-state index contributed by atoms with van der Waals surface area (Å²) < 4.78 is 12.5. The third-order valence-corrected chi connectivity index (χ3v) is 5.32. The Hall–Kier alpha value is -1.32. The molecule has 1 aromatic carbocycles. The number of hydrogen-bond donors (Lipinski definition) is 0. The summed E-state index contributed by atoms with van der Waals surface area (Å²) in [6, 6.07) is 11.5. The molecule has 1 unspecified atom stereocenters. The van der Waals surface area contributed by atoms with Gasteiger partial charge in [0.15, 0.2) is 0 Å². The van der Waals surface area contributed by atoms with Gasteiger partial charge in [0.25, 0.3) is 0 Å². The fourth-order valence-corrected chi connectivity index (χ4v) is 3.17. The summed E-state index contributed by atoms with van der Waals surface area (Å²) in [7, 11) is -2.48. The number of allylic oxidation sites excluding steroid dienone is 1. The van der Waals surface area contributed by atoms with Crippen LogP contribution in [0.5, 0.6) is 0 Å². The van der Waals surface area contributed by atoms with Crippen molar-refractivity contribution in [3.8, 4) is 6.07 Å². The molecule has 0 aliphatic carbocycles. The molecule has 0 saturated carbocycles. The first kappa shape index (κ1) is 12.7. The summed E-state index contributed by atoms with van der Waals surface area (Å²) >= 11 is 0. The van der Waals surface area contributed by atoms with Crippen molar-refractivity contribution in [2.45, 2.75) is 19.3 Å². The monoisotopic (exact) mass is 233 g/mol. The van der Waals surface area contributed by atoms with E-state index in [1.54, 1.807) is 6.66 Å². The van der Waals surface area contributed by atoms with Gasteiger partial charge in [-0.2, -0.15) is 5.26 Å². The van der Waals surface area contributed by atoms with Crippen LogP contribution in [0, 0.1) is 11.3 Å². The quantitative estimate of drug-likeness (QED) is 0.576. The summed E-state index contributed by atoms with van der Waals surface area (Å²) in [5, 5.41) is 10.1. The molecule has 0 radical (unpaired) electrons. The van der Waals surface area contributed by atoms with E-state index in [0.717, 1.165) is 17.0 Å². The minimum atomic E-state index is -2.48. The average Bonchev–Trinajstić information content (AvgIpc) is 2.30. The first-order valence-corrected chi connectivity index (χ1v) is 7.43. The van der Waals surface area contributed by atoms with Crippen LogP contribution in [0.2, 0.25) is 0 Å². The first-order chi connectivity index (χ1) is 7.59. The minimum absolute atomic E-state index is 0.494. The minimum Gasteiger partial charge on any atom is -0.314 e. The van der Waals surface area contributed by atoms with Crippen molar-refractivity contribution in [3.63, 3.8) is 0 Å². The second-order valence-corrected chi connectivity index (χ2v) is 6.83. The predicted molar refractivity (Wildman–Crippen MR) is 68.2 cm³/mol. The van der Waals surface area contributed by atoms with Gasteiger partial charge in [-0.25, -0.2) is 0 Å². The molecule has 1 atom stereocenters. The Kier molecular flexibility index (Phi) is 4.52.